The number of nitrogens with zero attached hydrogens (tertiary/aromatic N) is 4. The first kappa shape index (κ1) is 31.6. The Morgan fingerprint density at radius 3 is 2.49 bits per heavy atom. The number of aromatic nitrogens is 4. The van der Waals surface area contributed by atoms with Gasteiger partial charge in [0.2, 0.25) is 6.79 Å². The van der Waals surface area contributed by atoms with Crippen LogP contribution >= 0.6 is 0 Å². The van der Waals surface area contributed by atoms with Crippen molar-refractivity contribution in [3.05, 3.63) is 95.7 Å². The minimum Gasteiger partial charge on any atom is -0.428 e. The highest BCUT2D eigenvalue weighted by molar-refractivity contribution is 5.88. The highest BCUT2D eigenvalue weighted by Gasteiger charge is 2.39. The molecule has 1 saturated carbocycles. The molecule has 1 fully saturated rings. The number of hydrogen-bond acceptors (Lipinski definition) is 10. The van der Waals surface area contributed by atoms with Crippen LogP contribution in [-0.2, 0) is 19.9 Å². The van der Waals surface area contributed by atoms with Gasteiger partial charge < -0.3 is 19.9 Å². The van der Waals surface area contributed by atoms with E-state index in [4.69, 9.17) is 9.47 Å². The van der Waals surface area contributed by atoms with Crippen LogP contribution in [0, 0.1) is 18.8 Å². The monoisotopic (exact) mass is 617 g/mol. The second-order valence-electron chi connectivity index (χ2n) is 11.2. The third-order valence-corrected chi connectivity index (χ3v) is 7.98. The number of aryl methyl sites for hydroxylation is 1. The van der Waals surface area contributed by atoms with E-state index in [0.717, 1.165) is 5.56 Å². The molecule has 0 amide bonds. The number of aliphatic hydroxyl groups is 1. The first-order valence-corrected chi connectivity index (χ1v) is 14.5. The second-order valence-corrected chi connectivity index (χ2v) is 11.2. The van der Waals surface area contributed by atoms with Gasteiger partial charge in [-0.15, -0.1) is 0 Å². The fourth-order valence-corrected chi connectivity index (χ4v) is 5.43. The minimum atomic E-state index is -2.61. The number of nitrogens with one attached hydrogen (secondary N) is 1. The predicted molar refractivity (Wildman–Crippen MR) is 160 cm³/mol. The summed E-state index contributed by atoms with van der Waals surface area (Å²) in [4.78, 5) is 41.7. The SMILES string of the molecule is Cc1cc(Nc2cc(C(F)F)ccn2)nc(-c2ccc([C@](C)(O)C3CCC(C(=O)OCOC(=O)c4cccnc4)CC3)nc2)c1. The Morgan fingerprint density at radius 1 is 1.00 bits per heavy atom. The number of esters is 2. The molecule has 45 heavy (non-hydrogen) atoms. The highest BCUT2D eigenvalue weighted by atomic mass is 19.3. The standard InChI is InChI=1S/C33H33F2N5O5/c1-20-14-26(39-29(15-20)40-28-16-22(30(34)35)11-13-37-28)23-7-10-27(38-18-23)33(2,43)25-8-5-21(6-9-25)31(41)44-19-45-32(42)24-4-3-12-36-17-24/h3-4,7,10-18,21,25,30,43H,5-6,8-9,19H2,1-2H3,(H,37,39,40)/t21?,25?,33-/m1/s1. The quantitative estimate of drug-likeness (QED) is 0.154. The number of pyridine rings is 4. The maximum atomic E-state index is 13.1. The van der Waals surface area contributed by atoms with Crippen molar-refractivity contribution in [2.75, 3.05) is 12.1 Å². The Hall–Kier alpha value is -4.84. The van der Waals surface area contributed by atoms with Crippen LogP contribution in [0.5, 0.6) is 0 Å². The zero-order valence-electron chi connectivity index (χ0n) is 24.8. The predicted octanol–water partition coefficient (Wildman–Crippen LogP) is 6.29. The molecule has 0 aromatic carbocycles. The Morgan fingerprint density at radius 2 is 1.80 bits per heavy atom. The topological polar surface area (TPSA) is 136 Å². The summed E-state index contributed by atoms with van der Waals surface area (Å²) in [7, 11) is 0. The number of hydrogen-bond donors (Lipinski definition) is 2. The van der Waals surface area contributed by atoms with Crippen molar-refractivity contribution in [2.24, 2.45) is 11.8 Å². The van der Waals surface area contributed by atoms with Gasteiger partial charge in [0.15, 0.2) is 0 Å². The van der Waals surface area contributed by atoms with Gasteiger partial charge in [-0.1, -0.05) is 0 Å². The molecule has 0 saturated heterocycles. The lowest BCUT2D eigenvalue weighted by molar-refractivity contribution is -0.159. The van der Waals surface area contributed by atoms with Crippen molar-refractivity contribution in [1.82, 2.24) is 19.9 Å². The molecule has 1 atom stereocenters. The molecular formula is C33H33F2N5O5. The second kappa shape index (κ2) is 13.9. The Kier molecular flexibility index (Phi) is 9.72. The lowest BCUT2D eigenvalue weighted by Crippen LogP contribution is -2.37. The van der Waals surface area contributed by atoms with Gasteiger partial charge in [0.05, 0.1) is 22.9 Å². The lowest BCUT2D eigenvalue weighted by Gasteiger charge is -2.37. The van der Waals surface area contributed by atoms with Gasteiger partial charge >= 0.3 is 11.9 Å². The molecule has 5 rings (SSSR count). The van der Waals surface area contributed by atoms with Crippen molar-refractivity contribution < 1.29 is 33.0 Å². The maximum Gasteiger partial charge on any atom is 0.342 e. The number of carbonyl (C=O) groups is 2. The summed E-state index contributed by atoms with van der Waals surface area (Å²) in [5.74, 6) is -0.845. The first-order chi connectivity index (χ1) is 21.6. The van der Waals surface area contributed by atoms with Crippen LogP contribution in [0.15, 0.2) is 73.3 Å². The van der Waals surface area contributed by atoms with E-state index in [2.05, 4.69) is 25.3 Å². The van der Waals surface area contributed by atoms with Gasteiger partial charge in [-0.25, -0.2) is 23.5 Å². The molecule has 12 heteroatoms. The molecule has 10 nitrogen and oxygen atoms in total. The molecule has 4 aromatic heterocycles. The number of rotatable bonds is 10. The van der Waals surface area contributed by atoms with Gasteiger partial charge in [-0.3, -0.25) is 14.8 Å². The summed E-state index contributed by atoms with van der Waals surface area (Å²) in [5, 5.41) is 14.5. The summed E-state index contributed by atoms with van der Waals surface area (Å²) in [6, 6.07) is 13.0. The number of anilines is 2. The van der Waals surface area contributed by atoms with E-state index in [1.54, 1.807) is 37.4 Å². The van der Waals surface area contributed by atoms with E-state index in [1.165, 1.54) is 30.7 Å². The molecule has 0 radical (unpaired) electrons. The average molecular weight is 618 g/mol. The third kappa shape index (κ3) is 7.82. The minimum absolute atomic E-state index is 0.132. The van der Waals surface area contributed by atoms with E-state index in [0.29, 0.717) is 48.5 Å². The van der Waals surface area contributed by atoms with Crippen LogP contribution in [-0.4, -0.2) is 43.8 Å². The van der Waals surface area contributed by atoms with Crippen molar-refractivity contribution in [2.45, 2.75) is 51.6 Å². The van der Waals surface area contributed by atoms with Crippen molar-refractivity contribution in [3.8, 4) is 11.3 Å². The molecular weight excluding hydrogens is 584 g/mol. The molecule has 0 bridgehead atoms. The summed E-state index contributed by atoms with van der Waals surface area (Å²) in [5.41, 5.74) is 1.62. The zero-order chi connectivity index (χ0) is 32.0. The number of ether oxygens (including phenoxy) is 2. The molecule has 0 unspecified atom stereocenters. The van der Waals surface area contributed by atoms with Gasteiger partial charge in [0.1, 0.15) is 17.2 Å². The fourth-order valence-electron chi connectivity index (χ4n) is 5.43. The number of carbonyl (C=O) groups excluding carboxylic acids is 2. The van der Waals surface area contributed by atoms with Crippen LogP contribution in [0.1, 0.15) is 66.2 Å². The largest absolute Gasteiger partial charge is 0.428 e. The molecule has 0 aliphatic heterocycles. The van der Waals surface area contributed by atoms with Crippen LogP contribution in [0.25, 0.3) is 11.3 Å². The molecule has 4 heterocycles. The summed E-state index contributed by atoms with van der Waals surface area (Å²) in [6.45, 7) is 3.15. The molecule has 1 aliphatic rings. The summed E-state index contributed by atoms with van der Waals surface area (Å²) in [6.07, 6.45) is 5.47. The van der Waals surface area contributed by atoms with Crippen molar-refractivity contribution in [3.63, 3.8) is 0 Å². The van der Waals surface area contributed by atoms with E-state index in [1.807, 2.05) is 19.1 Å². The van der Waals surface area contributed by atoms with Gasteiger partial charge in [0.25, 0.3) is 6.43 Å². The normalized spacial score (nSPS) is 17.7. The van der Waals surface area contributed by atoms with Gasteiger partial charge in [-0.05, 0) is 99.5 Å². The fraction of sp³-hybridized carbons (Fsp3) is 0.333. The van der Waals surface area contributed by atoms with Crippen LogP contribution in [0.4, 0.5) is 20.4 Å². The molecule has 2 N–H and O–H groups in total. The van der Waals surface area contributed by atoms with Crippen LogP contribution in [0.2, 0.25) is 0 Å². The zero-order valence-corrected chi connectivity index (χ0v) is 24.8. The third-order valence-electron chi connectivity index (χ3n) is 7.98. The first-order valence-electron chi connectivity index (χ1n) is 14.5. The van der Waals surface area contributed by atoms with Crippen LogP contribution < -0.4 is 5.32 Å². The van der Waals surface area contributed by atoms with Gasteiger partial charge in [-0.2, -0.15) is 0 Å². The number of halogens is 2. The van der Waals surface area contributed by atoms with Crippen molar-refractivity contribution >= 4 is 23.6 Å². The Balaban J connectivity index is 1.16. The molecule has 0 spiro atoms. The average Bonchev–Trinajstić information content (AvgIpc) is 3.05. The van der Waals surface area contributed by atoms with Crippen molar-refractivity contribution in [1.29, 1.82) is 0 Å². The van der Waals surface area contributed by atoms with Crippen LogP contribution in [0.3, 0.4) is 0 Å². The van der Waals surface area contributed by atoms with E-state index in [-0.39, 0.29) is 28.8 Å². The highest BCUT2D eigenvalue weighted by Crippen LogP contribution is 2.41. The summed E-state index contributed by atoms with van der Waals surface area (Å²) >= 11 is 0. The van der Waals surface area contributed by atoms with Gasteiger partial charge in [0, 0.05) is 35.9 Å². The maximum absolute atomic E-state index is 13.1. The Bertz CT molecular complexity index is 1630. The smallest absolute Gasteiger partial charge is 0.342 e. The molecule has 1 aliphatic carbocycles. The number of alkyl halides is 2. The van der Waals surface area contributed by atoms with E-state index in [9.17, 15) is 23.5 Å². The van der Waals surface area contributed by atoms with E-state index >= 15 is 0 Å². The molecule has 4 aromatic rings. The van der Waals surface area contributed by atoms with E-state index < -0.39 is 30.8 Å². The molecule has 234 valence electrons. The Labute approximate surface area is 258 Å². The summed E-state index contributed by atoms with van der Waals surface area (Å²) < 4.78 is 36.4. The lowest BCUT2D eigenvalue weighted by atomic mass is 9.73.